The van der Waals surface area contributed by atoms with Crippen LogP contribution in [-0.4, -0.2) is 4.98 Å². The number of aromatic nitrogens is 1. The lowest BCUT2D eigenvalue weighted by Gasteiger charge is -2.52. The molecule has 1 nitrogen and oxygen atoms in total. The number of allylic oxidation sites excluding steroid dienone is 4. The molecule has 77 heavy (non-hydrogen) atoms. The van der Waals surface area contributed by atoms with E-state index in [4.69, 9.17) is 0 Å². The van der Waals surface area contributed by atoms with Crippen LogP contribution < -0.4 is 0 Å². The van der Waals surface area contributed by atoms with Gasteiger partial charge in [0.25, 0.3) is 0 Å². The Hall–Kier alpha value is -6.05. The van der Waals surface area contributed by atoms with Crippen molar-refractivity contribution in [2.24, 2.45) is 33.5 Å². The monoisotopic (exact) mass is 1020 g/mol. The van der Waals surface area contributed by atoms with E-state index in [9.17, 15) is 0 Å². The predicted molar refractivity (Wildman–Crippen MR) is 339 cm³/mol. The van der Waals surface area contributed by atoms with E-state index in [2.05, 4.69) is 312 Å². The zero-order valence-electron chi connectivity index (χ0n) is 51.0. The average molecular weight is 1020 g/mol. The Morgan fingerprint density at radius 3 is 1.47 bits per heavy atom. The molecule has 1 heteroatoms. The molecule has 1 saturated carbocycles. The van der Waals surface area contributed by atoms with Gasteiger partial charge >= 0.3 is 0 Å². The van der Waals surface area contributed by atoms with E-state index < -0.39 is 0 Å². The van der Waals surface area contributed by atoms with Crippen molar-refractivity contribution in [3.05, 3.63) is 222 Å². The second kappa shape index (κ2) is 22.7. The quantitative estimate of drug-likeness (QED) is 0.148. The highest BCUT2D eigenvalue weighted by Crippen LogP contribution is 2.56. The maximum atomic E-state index is 4.65. The molecule has 0 radical (unpaired) electrons. The summed E-state index contributed by atoms with van der Waals surface area (Å²) < 4.78 is 0. The number of rotatable bonds is 0. The Morgan fingerprint density at radius 2 is 0.909 bits per heavy atom. The maximum absolute atomic E-state index is 4.65. The highest BCUT2D eigenvalue weighted by molar-refractivity contribution is 5.87. The lowest BCUT2D eigenvalue weighted by atomic mass is 9.53. The molecule has 3 aliphatic carbocycles. The number of pyridine rings is 1. The third-order valence-electron chi connectivity index (χ3n) is 16.6. The minimum Gasteiger partial charge on any atom is -0.252 e. The highest BCUT2D eigenvalue weighted by Gasteiger charge is 2.47. The first kappa shape index (κ1) is 58.6. The van der Waals surface area contributed by atoms with Crippen LogP contribution in [0.2, 0.25) is 0 Å². The van der Waals surface area contributed by atoms with Gasteiger partial charge in [0.05, 0.1) is 5.52 Å². The predicted octanol–water partition coefficient (Wildman–Crippen LogP) is 22.3. The summed E-state index contributed by atoms with van der Waals surface area (Å²) in [6.45, 7) is 43.8. The fourth-order valence-electron chi connectivity index (χ4n) is 11.7. The molecule has 2 atom stereocenters. The fraction of sp³-hybridized carbons (Fsp3) is 0.408. The van der Waals surface area contributed by atoms with Gasteiger partial charge in [-0.3, -0.25) is 4.98 Å². The van der Waals surface area contributed by atoms with Crippen LogP contribution in [0.4, 0.5) is 0 Å². The topological polar surface area (TPSA) is 12.9 Å². The van der Waals surface area contributed by atoms with Crippen LogP contribution in [0, 0.1) is 33.5 Å². The van der Waals surface area contributed by atoms with Gasteiger partial charge in [-0.25, -0.2) is 0 Å². The van der Waals surface area contributed by atoms with Crippen molar-refractivity contribution in [1.82, 2.24) is 4.98 Å². The molecule has 1 heterocycles. The molecule has 7 aromatic carbocycles. The molecule has 0 bridgehead atoms. The Labute approximate surface area is 467 Å². The largest absolute Gasteiger partial charge is 0.252 e. The molecular weight excluding hydrogens is 927 g/mol. The van der Waals surface area contributed by atoms with Crippen LogP contribution in [0.5, 0.6) is 0 Å². The van der Waals surface area contributed by atoms with E-state index in [0.717, 1.165) is 11.2 Å². The zero-order valence-corrected chi connectivity index (χ0v) is 51.0. The first-order valence-electron chi connectivity index (χ1n) is 28.8. The van der Waals surface area contributed by atoms with Gasteiger partial charge in [-0.15, -0.1) is 0 Å². The SMILES string of the molecule is CC(C)(C)C1=CC2C(C=C1)C(C)(C)CCC2(C)C.CC(C)(C)C1c2ccccc2-c2ccccc21.CC(C)(C)c1ccc2ccccc2c1.CC(C)(C)c1ccc2ccccc2n1.CC(C)(C)c1cccc2ccccc12. The minimum absolute atomic E-state index is 0.129. The Morgan fingerprint density at radius 1 is 0.416 bits per heavy atom. The van der Waals surface area contributed by atoms with Crippen molar-refractivity contribution in [2.75, 3.05) is 0 Å². The fourth-order valence-corrected chi connectivity index (χ4v) is 11.7. The van der Waals surface area contributed by atoms with Crippen LogP contribution in [0.15, 0.2) is 194 Å². The number of hydrogen-bond acceptors (Lipinski definition) is 1. The molecule has 0 amide bonds. The van der Waals surface area contributed by atoms with E-state index in [1.165, 1.54) is 78.7 Å². The van der Waals surface area contributed by atoms with Crippen molar-refractivity contribution < 1.29 is 0 Å². The molecule has 8 aromatic rings. The van der Waals surface area contributed by atoms with Gasteiger partial charge in [0.1, 0.15) is 0 Å². The van der Waals surface area contributed by atoms with Crippen LogP contribution >= 0.6 is 0 Å². The Balaban J connectivity index is 0.000000140. The summed E-state index contributed by atoms with van der Waals surface area (Å²) in [4.78, 5) is 4.65. The summed E-state index contributed by atoms with van der Waals surface area (Å²) in [5, 5.41) is 6.57. The molecule has 1 aromatic heterocycles. The highest BCUT2D eigenvalue weighted by atomic mass is 14.7. The first-order valence-corrected chi connectivity index (χ1v) is 28.8. The second-order valence-electron chi connectivity index (χ2n) is 29.0. The maximum Gasteiger partial charge on any atom is 0.0705 e. The zero-order chi connectivity index (χ0) is 56.4. The second-order valence-corrected chi connectivity index (χ2v) is 29.0. The molecule has 0 aliphatic heterocycles. The van der Waals surface area contributed by atoms with E-state index >= 15 is 0 Å². The summed E-state index contributed by atoms with van der Waals surface area (Å²) in [6, 6.07) is 60.5. The van der Waals surface area contributed by atoms with E-state index in [1.54, 1.807) is 0 Å². The van der Waals surface area contributed by atoms with E-state index in [1.807, 2.05) is 12.1 Å². The van der Waals surface area contributed by atoms with Gasteiger partial charge in [0.2, 0.25) is 0 Å². The summed E-state index contributed by atoms with van der Waals surface area (Å²) in [5.41, 5.74) is 14.4. The number of nitrogens with zero attached hydrogens (tertiary/aromatic N) is 1. The van der Waals surface area contributed by atoms with Crippen LogP contribution in [-0.2, 0) is 16.2 Å². The standard InChI is InChI=1S/C18H30.C17H18.2C14H16.C13H15N/c1-16(2,3)13-8-9-14-15(12-13)18(6,7)11-10-17(14,4)5;1-17(2,3)16-14-10-6-4-8-12(14)13-9-5-7-11-15(13)16;1-14(2,3)13-10-6-8-11-7-4-5-9-12(11)13;1-14(2,3)13-9-8-11-6-4-5-7-12(11)10-13;1-13(2,3)12-9-8-10-6-4-5-7-11(10)14-12/h8-9,12,14-15H,10-11H2,1-7H3;4-11,16H,1-3H3;2*4-10H,1-3H3;4-9H,1-3H3. The molecule has 2 unspecified atom stereocenters. The van der Waals surface area contributed by atoms with Crippen LogP contribution in [0.25, 0.3) is 43.6 Å². The van der Waals surface area contributed by atoms with Crippen molar-refractivity contribution in [1.29, 1.82) is 0 Å². The molecule has 1 fully saturated rings. The third kappa shape index (κ3) is 14.2. The molecule has 11 rings (SSSR count). The summed E-state index contributed by atoms with van der Waals surface area (Å²) in [5.74, 6) is 1.95. The Kier molecular flexibility index (Phi) is 17.3. The molecule has 0 spiro atoms. The van der Waals surface area contributed by atoms with Crippen molar-refractivity contribution >= 4 is 32.4 Å². The summed E-state index contributed by atoms with van der Waals surface area (Å²) >= 11 is 0. The average Bonchev–Trinajstić information content (AvgIpc) is 3.78. The molecule has 0 saturated heterocycles. The lowest BCUT2D eigenvalue weighted by Crippen LogP contribution is -2.43. The van der Waals surface area contributed by atoms with Gasteiger partial charge in [-0.05, 0) is 130 Å². The summed E-state index contributed by atoms with van der Waals surface area (Å²) in [7, 11) is 0. The Bertz CT molecular complexity index is 3190. The first-order chi connectivity index (χ1) is 35.9. The van der Waals surface area contributed by atoms with Gasteiger partial charge < -0.3 is 0 Å². The number of para-hydroxylation sites is 1. The molecule has 404 valence electrons. The van der Waals surface area contributed by atoms with E-state index in [0.29, 0.717) is 28.6 Å². The molecule has 3 aliphatic rings. The lowest BCUT2D eigenvalue weighted by molar-refractivity contribution is 0.0319. The van der Waals surface area contributed by atoms with Gasteiger partial charge in [0, 0.05) is 22.4 Å². The van der Waals surface area contributed by atoms with Gasteiger partial charge in [-0.1, -0.05) is 308 Å². The third-order valence-corrected chi connectivity index (χ3v) is 16.6. The van der Waals surface area contributed by atoms with Crippen molar-refractivity contribution in [3.63, 3.8) is 0 Å². The number of benzene rings is 7. The normalized spacial score (nSPS) is 17.6. The van der Waals surface area contributed by atoms with Crippen LogP contribution in [0.3, 0.4) is 0 Å². The van der Waals surface area contributed by atoms with Crippen molar-refractivity contribution in [3.8, 4) is 11.1 Å². The molecular formula is C76H95N. The van der Waals surface area contributed by atoms with Gasteiger partial charge in [-0.2, -0.15) is 0 Å². The van der Waals surface area contributed by atoms with Gasteiger partial charge in [0.15, 0.2) is 0 Å². The number of hydrogen-bond donors (Lipinski definition) is 0. The summed E-state index contributed by atoms with van der Waals surface area (Å²) in [6.07, 6.45) is 10.2. The van der Waals surface area contributed by atoms with Crippen LogP contribution in [0.1, 0.15) is 178 Å². The number of fused-ring (bicyclic) bond motifs is 7. The van der Waals surface area contributed by atoms with Crippen molar-refractivity contribution in [2.45, 2.75) is 167 Å². The minimum atomic E-state index is 0.129. The van der Waals surface area contributed by atoms with E-state index in [-0.39, 0.29) is 27.1 Å². The smallest absolute Gasteiger partial charge is 0.0705 e. The molecule has 0 N–H and O–H groups in total.